The molecule has 0 spiro atoms. The summed E-state index contributed by atoms with van der Waals surface area (Å²) in [7, 11) is 5.85. The average Bonchev–Trinajstić information content (AvgIpc) is 3.06. The van der Waals surface area contributed by atoms with Gasteiger partial charge >= 0.3 is 0 Å². The summed E-state index contributed by atoms with van der Waals surface area (Å²) in [5.41, 5.74) is 0. The highest BCUT2D eigenvalue weighted by molar-refractivity contribution is 14.0. The Morgan fingerprint density at radius 3 is 2.15 bits per heavy atom. The van der Waals surface area contributed by atoms with Crippen molar-refractivity contribution in [1.82, 2.24) is 20.4 Å². The van der Waals surface area contributed by atoms with Crippen LogP contribution < -0.4 is 10.6 Å². The van der Waals surface area contributed by atoms with E-state index < -0.39 is 0 Å². The number of hydrogen-bond acceptors (Lipinski definition) is 3. The van der Waals surface area contributed by atoms with Crippen LogP contribution in [0.1, 0.15) is 57.8 Å². The maximum atomic E-state index is 11.9. The van der Waals surface area contributed by atoms with Gasteiger partial charge in [-0.15, -0.1) is 24.0 Å². The summed E-state index contributed by atoms with van der Waals surface area (Å²) < 4.78 is 0. The van der Waals surface area contributed by atoms with Crippen molar-refractivity contribution in [3.63, 3.8) is 0 Å². The van der Waals surface area contributed by atoms with Crippen LogP contribution in [0.2, 0.25) is 0 Å². The molecule has 2 unspecified atom stereocenters. The summed E-state index contributed by atoms with van der Waals surface area (Å²) in [6.45, 7) is 0.217. The number of halogens is 1. The molecule has 1 aliphatic carbocycles. The first-order valence-corrected chi connectivity index (χ1v) is 10.0. The molecule has 7 heteroatoms. The highest BCUT2D eigenvalue weighted by Gasteiger charge is 2.36. The number of amides is 1. The Balaban J connectivity index is 0.00000243. The van der Waals surface area contributed by atoms with Crippen LogP contribution in [0.4, 0.5) is 0 Å². The van der Waals surface area contributed by atoms with Gasteiger partial charge in [0, 0.05) is 38.3 Å². The fourth-order valence-corrected chi connectivity index (χ4v) is 4.61. The molecule has 0 radical (unpaired) electrons. The van der Waals surface area contributed by atoms with Crippen molar-refractivity contribution in [1.29, 1.82) is 0 Å². The molecule has 2 bridgehead atoms. The van der Waals surface area contributed by atoms with Gasteiger partial charge in [-0.25, -0.2) is 4.99 Å². The fraction of sp³-hybridized carbons (Fsp3) is 0.895. The normalized spacial score (nSPS) is 29.8. The number of guanidine groups is 1. The highest BCUT2D eigenvalue weighted by Crippen LogP contribution is 2.32. The summed E-state index contributed by atoms with van der Waals surface area (Å²) in [5, 5.41) is 7.26. The lowest BCUT2D eigenvalue weighted by atomic mass is 9.82. The number of aliphatic imine (C=N–C) groups is 1. The third-order valence-electron chi connectivity index (χ3n) is 6.25. The minimum Gasteiger partial charge on any atom is -0.354 e. The van der Waals surface area contributed by atoms with Gasteiger partial charge in [-0.1, -0.05) is 19.3 Å². The molecule has 2 atom stereocenters. The Labute approximate surface area is 175 Å². The summed E-state index contributed by atoms with van der Waals surface area (Å²) in [6, 6.07) is 2.36. The van der Waals surface area contributed by atoms with Crippen LogP contribution in [0.15, 0.2) is 4.99 Å². The van der Waals surface area contributed by atoms with Gasteiger partial charge < -0.3 is 20.4 Å². The minimum absolute atomic E-state index is 0. The lowest BCUT2D eigenvalue weighted by molar-refractivity contribution is -0.127. The van der Waals surface area contributed by atoms with Gasteiger partial charge in [0.2, 0.25) is 5.91 Å². The number of likely N-dealkylation sites (N-methyl/N-ethyl adjacent to an activating group) is 1. The summed E-state index contributed by atoms with van der Waals surface area (Å²) in [6.07, 6.45) is 11.4. The molecule has 3 rings (SSSR count). The smallest absolute Gasteiger partial charge is 0.243 e. The van der Waals surface area contributed by atoms with E-state index in [1.165, 1.54) is 57.8 Å². The molecule has 1 amide bonds. The lowest BCUT2D eigenvalue weighted by Gasteiger charge is -2.47. The molecule has 26 heavy (non-hydrogen) atoms. The second-order valence-corrected chi connectivity index (χ2v) is 8.30. The number of carbonyl (C=O) groups excluding carboxylic acids is 1. The van der Waals surface area contributed by atoms with Crippen LogP contribution in [-0.2, 0) is 4.79 Å². The first-order valence-electron chi connectivity index (χ1n) is 10.0. The van der Waals surface area contributed by atoms with Crippen LogP contribution in [0.3, 0.4) is 0 Å². The molecule has 0 aromatic heterocycles. The number of carbonyl (C=O) groups is 1. The Kier molecular flexibility index (Phi) is 8.44. The van der Waals surface area contributed by atoms with Crippen molar-refractivity contribution in [2.24, 2.45) is 4.99 Å². The standard InChI is InChI=1S/C19H35N5O.HI/c1-23(2)18(25)13-20-19(21-14-7-4-5-8-14)22-15-11-16-9-6-10-17(12-15)24(16)3;/h14-17H,4-13H2,1-3H3,(H2,20,21,22);1H. The third-order valence-corrected chi connectivity index (χ3v) is 6.25. The summed E-state index contributed by atoms with van der Waals surface area (Å²) in [5.74, 6) is 0.891. The number of nitrogens with one attached hydrogen (secondary N) is 2. The molecule has 6 nitrogen and oxygen atoms in total. The molecule has 3 fully saturated rings. The lowest BCUT2D eigenvalue weighted by Crippen LogP contribution is -2.57. The van der Waals surface area contributed by atoms with Crippen molar-refractivity contribution in [3.8, 4) is 0 Å². The van der Waals surface area contributed by atoms with E-state index in [0.29, 0.717) is 24.2 Å². The second kappa shape index (κ2) is 10.1. The molecule has 0 aromatic rings. The van der Waals surface area contributed by atoms with Crippen LogP contribution in [0, 0.1) is 0 Å². The minimum atomic E-state index is 0. The number of rotatable bonds is 4. The van der Waals surface area contributed by atoms with Gasteiger partial charge in [0.05, 0.1) is 0 Å². The van der Waals surface area contributed by atoms with E-state index in [9.17, 15) is 4.79 Å². The number of piperidine rings is 2. The van der Waals surface area contributed by atoms with Crippen molar-refractivity contribution in [2.75, 3.05) is 27.7 Å². The van der Waals surface area contributed by atoms with Crippen molar-refractivity contribution in [3.05, 3.63) is 0 Å². The van der Waals surface area contributed by atoms with Gasteiger partial charge in [0.1, 0.15) is 6.54 Å². The van der Waals surface area contributed by atoms with E-state index in [-0.39, 0.29) is 36.4 Å². The molecule has 0 aromatic carbocycles. The molecule has 2 heterocycles. The van der Waals surface area contributed by atoms with E-state index in [4.69, 9.17) is 0 Å². The first-order chi connectivity index (χ1) is 12.0. The number of nitrogens with zero attached hydrogens (tertiary/aromatic N) is 3. The first kappa shape index (κ1) is 21.7. The second-order valence-electron chi connectivity index (χ2n) is 8.30. The van der Waals surface area contributed by atoms with Gasteiger partial charge in [-0.2, -0.15) is 0 Å². The molecule has 3 aliphatic rings. The average molecular weight is 477 g/mol. The summed E-state index contributed by atoms with van der Waals surface area (Å²) in [4.78, 5) is 20.7. The SMILES string of the molecule is CN(C)C(=O)CN=C(NC1CCCC1)NC1CC2CCCC(C1)N2C.I. The van der Waals surface area contributed by atoms with Crippen LogP contribution in [0.5, 0.6) is 0 Å². The molecule has 2 N–H and O–H groups in total. The van der Waals surface area contributed by atoms with E-state index in [1.807, 2.05) is 0 Å². The molecule has 1 saturated carbocycles. The topological polar surface area (TPSA) is 60.0 Å². The Hall–Kier alpha value is -0.570. The van der Waals surface area contributed by atoms with E-state index >= 15 is 0 Å². The summed E-state index contributed by atoms with van der Waals surface area (Å²) >= 11 is 0. The maximum Gasteiger partial charge on any atom is 0.243 e. The third kappa shape index (κ3) is 5.71. The molecule has 2 saturated heterocycles. The van der Waals surface area contributed by atoms with E-state index in [1.54, 1.807) is 19.0 Å². The van der Waals surface area contributed by atoms with E-state index in [2.05, 4.69) is 27.6 Å². The Bertz CT molecular complexity index is 478. The van der Waals surface area contributed by atoms with Gasteiger partial charge in [-0.3, -0.25) is 4.79 Å². The predicted molar refractivity (Wildman–Crippen MR) is 117 cm³/mol. The monoisotopic (exact) mass is 477 g/mol. The number of fused-ring (bicyclic) bond motifs is 2. The van der Waals surface area contributed by atoms with Crippen LogP contribution in [-0.4, -0.2) is 73.5 Å². The number of hydrogen-bond donors (Lipinski definition) is 2. The highest BCUT2D eigenvalue weighted by atomic mass is 127. The van der Waals surface area contributed by atoms with E-state index in [0.717, 1.165) is 5.96 Å². The van der Waals surface area contributed by atoms with Crippen molar-refractivity contribution in [2.45, 2.75) is 82.0 Å². The zero-order valence-corrected chi connectivity index (χ0v) is 18.9. The van der Waals surface area contributed by atoms with Gasteiger partial charge in [0.25, 0.3) is 0 Å². The maximum absolute atomic E-state index is 11.9. The fourth-order valence-electron chi connectivity index (χ4n) is 4.61. The largest absolute Gasteiger partial charge is 0.354 e. The van der Waals surface area contributed by atoms with Crippen molar-refractivity contribution < 1.29 is 4.79 Å². The van der Waals surface area contributed by atoms with Gasteiger partial charge in [0.15, 0.2) is 5.96 Å². The molecular weight excluding hydrogens is 441 g/mol. The Morgan fingerprint density at radius 2 is 1.58 bits per heavy atom. The van der Waals surface area contributed by atoms with Crippen LogP contribution in [0.25, 0.3) is 0 Å². The Morgan fingerprint density at radius 1 is 1.00 bits per heavy atom. The van der Waals surface area contributed by atoms with Crippen molar-refractivity contribution >= 4 is 35.8 Å². The quantitative estimate of drug-likeness (QED) is 0.370. The zero-order chi connectivity index (χ0) is 17.8. The zero-order valence-electron chi connectivity index (χ0n) is 16.5. The van der Waals surface area contributed by atoms with Gasteiger partial charge in [-0.05, 0) is 45.6 Å². The molecule has 150 valence electrons. The van der Waals surface area contributed by atoms with Crippen LogP contribution >= 0.6 is 24.0 Å². The molecular formula is C19H36IN5O. The predicted octanol–water partition coefficient (Wildman–Crippen LogP) is 2.19. The molecule has 2 aliphatic heterocycles.